The molecule has 0 aliphatic carbocycles. The van der Waals surface area contributed by atoms with Gasteiger partial charge in [-0.3, -0.25) is 0 Å². The maximum atomic E-state index is 6.28. The molecule has 0 bridgehead atoms. The highest BCUT2D eigenvalue weighted by atomic mass is 16.3. The molecule has 0 spiro atoms. The van der Waals surface area contributed by atoms with Crippen LogP contribution in [-0.2, 0) is 0 Å². The molecule has 0 amide bonds. The lowest BCUT2D eigenvalue weighted by atomic mass is 9.86. The van der Waals surface area contributed by atoms with Gasteiger partial charge < -0.3 is 4.42 Å². The molecule has 13 rings (SSSR count). The van der Waals surface area contributed by atoms with Crippen molar-refractivity contribution in [1.82, 2.24) is 15.0 Å². The van der Waals surface area contributed by atoms with Crippen LogP contribution in [0.3, 0.4) is 0 Å². The molecule has 0 unspecified atom stereocenters. The summed E-state index contributed by atoms with van der Waals surface area (Å²) in [4.78, 5) is 15.3. The summed E-state index contributed by atoms with van der Waals surface area (Å²) in [6, 6.07) is 67.2. The first-order valence-corrected chi connectivity index (χ1v) is 20.0. The molecule has 272 valence electrons. The van der Waals surface area contributed by atoms with E-state index in [-0.39, 0.29) is 0 Å². The quantitative estimate of drug-likeness (QED) is 0.168. The molecule has 59 heavy (non-hydrogen) atoms. The predicted molar refractivity (Wildman–Crippen MR) is 245 cm³/mol. The van der Waals surface area contributed by atoms with E-state index in [0.29, 0.717) is 17.5 Å². The second kappa shape index (κ2) is 12.3. The summed E-state index contributed by atoms with van der Waals surface area (Å²) in [6.07, 6.45) is 0. The molecule has 11 aromatic carbocycles. The standard InChI is InChI=1S/C55H31N3O/c1-2-10-35(11-3-1)53-56-54(58-55(57-53)39-26-27-42-41-17-4-5-21-47(41)59-48(42)31-39)38-16-6-15-36(28-38)40-29-37-25-24-34-13-8-19-44-43-18-7-12-32-22-23-33-14-9-20-45(51(33)49(32)43)46(30-40)52(37)50(34)44/h1-31H. The minimum Gasteiger partial charge on any atom is -0.456 e. The molecule has 0 atom stereocenters. The Balaban J connectivity index is 1.04. The van der Waals surface area contributed by atoms with Gasteiger partial charge in [-0.25, -0.2) is 15.0 Å². The second-order valence-electron chi connectivity index (χ2n) is 15.5. The summed E-state index contributed by atoms with van der Waals surface area (Å²) in [5, 5.41) is 17.3. The zero-order valence-electron chi connectivity index (χ0n) is 31.6. The van der Waals surface area contributed by atoms with Gasteiger partial charge in [-0.2, -0.15) is 0 Å². The van der Waals surface area contributed by atoms with Crippen molar-refractivity contribution in [3.05, 3.63) is 188 Å². The third-order valence-electron chi connectivity index (χ3n) is 12.2. The topological polar surface area (TPSA) is 51.8 Å². The van der Waals surface area contributed by atoms with Crippen LogP contribution < -0.4 is 0 Å². The van der Waals surface area contributed by atoms with Crippen molar-refractivity contribution >= 4 is 86.6 Å². The molecule has 4 heteroatoms. The Kier molecular flexibility index (Phi) is 6.69. The van der Waals surface area contributed by atoms with Gasteiger partial charge in [-0.1, -0.05) is 152 Å². The van der Waals surface area contributed by atoms with Gasteiger partial charge in [-0.15, -0.1) is 0 Å². The number of benzene rings is 10. The summed E-state index contributed by atoms with van der Waals surface area (Å²) in [7, 11) is 0. The summed E-state index contributed by atoms with van der Waals surface area (Å²) in [5.41, 5.74) is 6.60. The normalized spacial score (nSPS) is 12.1. The fourth-order valence-electron chi connectivity index (χ4n) is 9.50. The van der Waals surface area contributed by atoms with Crippen molar-refractivity contribution in [1.29, 1.82) is 0 Å². The maximum absolute atomic E-state index is 6.28. The molecule has 4 nitrogen and oxygen atoms in total. The van der Waals surface area contributed by atoms with Gasteiger partial charge in [0.2, 0.25) is 0 Å². The summed E-state index contributed by atoms with van der Waals surface area (Å²) < 4.78 is 6.28. The molecule has 13 aromatic rings. The smallest absolute Gasteiger partial charge is 0.164 e. The number of hydrogen-bond donors (Lipinski definition) is 0. The van der Waals surface area contributed by atoms with Gasteiger partial charge in [0.15, 0.2) is 17.5 Å². The van der Waals surface area contributed by atoms with Crippen LogP contribution in [0, 0.1) is 0 Å². The monoisotopic (exact) mass is 749 g/mol. The van der Waals surface area contributed by atoms with Crippen molar-refractivity contribution in [2.75, 3.05) is 0 Å². The van der Waals surface area contributed by atoms with E-state index in [1.807, 2.05) is 54.6 Å². The Bertz CT molecular complexity index is 3840. The van der Waals surface area contributed by atoms with Crippen molar-refractivity contribution < 1.29 is 4.42 Å². The highest BCUT2D eigenvalue weighted by molar-refractivity contribution is 6.37. The van der Waals surface area contributed by atoms with Crippen LogP contribution in [0.1, 0.15) is 0 Å². The van der Waals surface area contributed by atoms with E-state index in [1.165, 1.54) is 64.6 Å². The molecule has 2 aromatic heterocycles. The summed E-state index contributed by atoms with van der Waals surface area (Å²) in [5.74, 6) is 1.82. The van der Waals surface area contributed by atoms with E-state index in [0.717, 1.165) is 49.8 Å². The van der Waals surface area contributed by atoms with E-state index in [1.54, 1.807) is 0 Å². The van der Waals surface area contributed by atoms with E-state index >= 15 is 0 Å². The minimum atomic E-state index is 0.592. The van der Waals surface area contributed by atoms with Crippen LogP contribution >= 0.6 is 0 Å². The SMILES string of the molecule is c1ccc(-c2nc(-c3cccc(-c4cc5ccc6cccc7c8cccc9ccc%10cccc(c(c4)c5c67)c%10c98)c3)nc(-c3ccc4c(c3)oc3ccccc34)n2)cc1. The number of nitrogens with zero attached hydrogens (tertiary/aromatic N) is 3. The van der Waals surface area contributed by atoms with Crippen LogP contribution in [0.5, 0.6) is 0 Å². The minimum absolute atomic E-state index is 0.592. The van der Waals surface area contributed by atoms with Crippen molar-refractivity contribution in [3.8, 4) is 45.3 Å². The average molecular weight is 750 g/mol. The number of para-hydroxylation sites is 1. The van der Waals surface area contributed by atoms with Gasteiger partial charge >= 0.3 is 0 Å². The Hall–Kier alpha value is -7.95. The Morgan fingerprint density at radius 2 is 0.746 bits per heavy atom. The molecule has 0 aliphatic heterocycles. The van der Waals surface area contributed by atoms with Crippen LogP contribution in [0.2, 0.25) is 0 Å². The van der Waals surface area contributed by atoms with Crippen molar-refractivity contribution in [2.45, 2.75) is 0 Å². The zero-order valence-corrected chi connectivity index (χ0v) is 31.6. The van der Waals surface area contributed by atoms with Gasteiger partial charge in [0.05, 0.1) is 0 Å². The lowest BCUT2D eigenvalue weighted by molar-refractivity contribution is 0.669. The van der Waals surface area contributed by atoms with Gasteiger partial charge in [0, 0.05) is 27.5 Å². The molecular formula is C55H31N3O. The summed E-state index contributed by atoms with van der Waals surface area (Å²) in [6.45, 7) is 0. The number of furan rings is 1. The third kappa shape index (κ3) is 4.87. The van der Waals surface area contributed by atoms with E-state index in [4.69, 9.17) is 19.4 Å². The molecule has 0 fully saturated rings. The van der Waals surface area contributed by atoms with E-state index in [2.05, 4.69) is 133 Å². The lowest BCUT2D eigenvalue weighted by Crippen LogP contribution is -2.00. The first kappa shape index (κ1) is 32.2. The van der Waals surface area contributed by atoms with Gasteiger partial charge in [-0.05, 0) is 112 Å². The lowest BCUT2D eigenvalue weighted by Gasteiger charge is -2.17. The highest BCUT2D eigenvalue weighted by Gasteiger charge is 2.18. The third-order valence-corrected chi connectivity index (χ3v) is 12.2. The van der Waals surface area contributed by atoms with Gasteiger partial charge in [0.1, 0.15) is 11.2 Å². The number of fused-ring (bicyclic) bond motifs is 5. The predicted octanol–water partition coefficient (Wildman–Crippen LogP) is 14.8. The maximum Gasteiger partial charge on any atom is 0.164 e. The van der Waals surface area contributed by atoms with Crippen molar-refractivity contribution in [3.63, 3.8) is 0 Å². The molecule has 0 N–H and O–H groups in total. The van der Waals surface area contributed by atoms with Crippen LogP contribution in [0.4, 0.5) is 0 Å². The Morgan fingerprint density at radius 3 is 1.44 bits per heavy atom. The number of rotatable bonds is 4. The first-order chi connectivity index (χ1) is 29.2. The number of hydrogen-bond acceptors (Lipinski definition) is 4. The van der Waals surface area contributed by atoms with E-state index < -0.39 is 0 Å². The Morgan fingerprint density at radius 1 is 0.254 bits per heavy atom. The first-order valence-electron chi connectivity index (χ1n) is 20.0. The number of aromatic nitrogens is 3. The second-order valence-corrected chi connectivity index (χ2v) is 15.5. The average Bonchev–Trinajstić information content (AvgIpc) is 3.68. The molecule has 0 saturated carbocycles. The molecule has 0 radical (unpaired) electrons. The fourth-order valence-corrected chi connectivity index (χ4v) is 9.50. The van der Waals surface area contributed by atoms with Crippen LogP contribution in [0.15, 0.2) is 192 Å². The molecule has 0 aliphatic rings. The van der Waals surface area contributed by atoms with Crippen molar-refractivity contribution in [2.24, 2.45) is 0 Å². The van der Waals surface area contributed by atoms with E-state index in [9.17, 15) is 0 Å². The van der Waals surface area contributed by atoms with Crippen LogP contribution in [-0.4, -0.2) is 15.0 Å². The molecular weight excluding hydrogens is 719 g/mol. The largest absolute Gasteiger partial charge is 0.456 e. The fraction of sp³-hybridized carbons (Fsp3) is 0. The molecule has 0 saturated heterocycles. The highest BCUT2D eigenvalue weighted by Crippen LogP contribution is 2.44. The summed E-state index contributed by atoms with van der Waals surface area (Å²) >= 11 is 0. The molecule has 2 heterocycles. The van der Waals surface area contributed by atoms with Crippen LogP contribution in [0.25, 0.3) is 132 Å². The zero-order chi connectivity index (χ0) is 38.6. The van der Waals surface area contributed by atoms with Gasteiger partial charge in [0.25, 0.3) is 0 Å². The Labute approximate surface area is 338 Å².